The number of nitrogens with zero attached hydrogens (tertiary/aromatic N) is 2. The normalized spacial score (nSPS) is 12.2. The highest BCUT2D eigenvalue weighted by molar-refractivity contribution is 6.02. The van der Waals surface area contributed by atoms with Crippen LogP contribution in [-0.4, -0.2) is 28.3 Å². The van der Waals surface area contributed by atoms with E-state index < -0.39 is 0 Å². The minimum Gasteiger partial charge on any atom is -0.454 e. The zero-order valence-electron chi connectivity index (χ0n) is 11.1. The summed E-state index contributed by atoms with van der Waals surface area (Å²) in [6, 6.07) is 5.01. The maximum Gasteiger partial charge on any atom is 0.231 e. The van der Waals surface area contributed by atoms with Crippen LogP contribution in [0.4, 0.5) is 0 Å². The van der Waals surface area contributed by atoms with Gasteiger partial charge in [-0.1, -0.05) is 0 Å². The predicted molar refractivity (Wildman–Crippen MR) is 72.5 cm³/mol. The van der Waals surface area contributed by atoms with Crippen molar-refractivity contribution < 1.29 is 19.1 Å². The van der Waals surface area contributed by atoms with Crippen molar-refractivity contribution in [1.29, 1.82) is 0 Å². The summed E-state index contributed by atoms with van der Waals surface area (Å²) in [6.07, 6.45) is 4.50. The van der Waals surface area contributed by atoms with Crippen LogP contribution in [0.15, 0.2) is 36.9 Å². The average Bonchev–Trinajstić information content (AvgIpc) is 3.00. The summed E-state index contributed by atoms with van der Waals surface area (Å²) in [5, 5.41) is 0. The van der Waals surface area contributed by atoms with Gasteiger partial charge in [-0.25, -0.2) is 9.97 Å². The van der Waals surface area contributed by atoms with Crippen molar-refractivity contribution in [3.8, 4) is 11.5 Å². The molecular weight excluding hydrogens is 272 g/mol. The molecule has 2 aromatic rings. The van der Waals surface area contributed by atoms with Crippen LogP contribution in [0.2, 0.25) is 0 Å². The standard InChI is InChI=1S/C15H12N2O4/c18-12(2-3-13(19)11-6-16-8-17-7-11)10-1-4-14-15(5-10)21-9-20-14/h1,4-8H,2-3,9H2. The molecule has 0 unspecified atom stereocenters. The maximum atomic E-state index is 12.1. The summed E-state index contributed by atoms with van der Waals surface area (Å²) in [7, 11) is 0. The molecule has 21 heavy (non-hydrogen) atoms. The molecule has 1 aliphatic rings. The fourth-order valence-corrected chi connectivity index (χ4v) is 2.03. The van der Waals surface area contributed by atoms with Gasteiger partial charge in [-0.05, 0) is 18.2 Å². The summed E-state index contributed by atoms with van der Waals surface area (Å²) < 4.78 is 10.4. The number of hydrogen-bond donors (Lipinski definition) is 0. The Morgan fingerprint density at radius 3 is 2.38 bits per heavy atom. The molecule has 0 spiro atoms. The number of fused-ring (bicyclic) bond motifs is 1. The molecule has 1 aromatic heterocycles. The van der Waals surface area contributed by atoms with E-state index in [9.17, 15) is 9.59 Å². The summed E-state index contributed by atoms with van der Waals surface area (Å²) in [4.78, 5) is 31.6. The third kappa shape index (κ3) is 2.89. The Morgan fingerprint density at radius 1 is 0.952 bits per heavy atom. The van der Waals surface area contributed by atoms with Gasteiger partial charge in [0.1, 0.15) is 6.33 Å². The quantitative estimate of drug-likeness (QED) is 0.782. The topological polar surface area (TPSA) is 78.4 Å². The molecule has 0 atom stereocenters. The van der Waals surface area contributed by atoms with Crippen LogP contribution in [0.3, 0.4) is 0 Å². The molecule has 6 heteroatoms. The molecule has 1 aromatic carbocycles. The molecule has 0 bridgehead atoms. The number of carbonyl (C=O) groups is 2. The molecule has 106 valence electrons. The smallest absolute Gasteiger partial charge is 0.231 e. The predicted octanol–water partition coefficient (Wildman–Crippen LogP) is 2.05. The third-order valence-corrected chi connectivity index (χ3v) is 3.16. The minimum absolute atomic E-state index is 0.113. The highest BCUT2D eigenvalue weighted by Crippen LogP contribution is 2.32. The first-order chi connectivity index (χ1) is 10.2. The molecule has 1 aliphatic heterocycles. The highest BCUT2D eigenvalue weighted by atomic mass is 16.7. The summed E-state index contributed by atoms with van der Waals surface area (Å²) in [5.74, 6) is 0.927. The molecule has 3 rings (SSSR count). The van der Waals surface area contributed by atoms with Gasteiger partial charge in [0.15, 0.2) is 23.1 Å². The van der Waals surface area contributed by atoms with E-state index in [-0.39, 0.29) is 31.2 Å². The van der Waals surface area contributed by atoms with E-state index in [0.717, 1.165) is 0 Å². The van der Waals surface area contributed by atoms with Crippen molar-refractivity contribution in [1.82, 2.24) is 9.97 Å². The van der Waals surface area contributed by atoms with E-state index in [1.807, 2.05) is 0 Å². The molecule has 6 nitrogen and oxygen atoms in total. The maximum absolute atomic E-state index is 12.1. The first-order valence-electron chi connectivity index (χ1n) is 6.45. The van der Waals surface area contributed by atoms with Gasteiger partial charge < -0.3 is 9.47 Å². The monoisotopic (exact) mass is 284 g/mol. The molecule has 0 saturated heterocycles. The lowest BCUT2D eigenvalue weighted by atomic mass is 10.0. The first kappa shape index (κ1) is 13.2. The number of benzene rings is 1. The van der Waals surface area contributed by atoms with Crippen LogP contribution >= 0.6 is 0 Å². The summed E-state index contributed by atoms with van der Waals surface area (Å²) in [5.41, 5.74) is 0.923. The van der Waals surface area contributed by atoms with E-state index in [1.165, 1.54) is 18.7 Å². The number of ether oxygens (including phenoxy) is 2. The average molecular weight is 284 g/mol. The second-order valence-corrected chi connectivity index (χ2v) is 4.54. The highest BCUT2D eigenvalue weighted by Gasteiger charge is 2.17. The van der Waals surface area contributed by atoms with E-state index >= 15 is 0 Å². The Kier molecular flexibility index (Phi) is 3.59. The van der Waals surface area contributed by atoms with Crippen molar-refractivity contribution in [2.45, 2.75) is 12.8 Å². The second-order valence-electron chi connectivity index (χ2n) is 4.54. The number of rotatable bonds is 5. The lowest BCUT2D eigenvalue weighted by Gasteiger charge is -2.02. The van der Waals surface area contributed by atoms with Crippen molar-refractivity contribution in [2.75, 3.05) is 6.79 Å². The molecular formula is C15H12N2O4. The SMILES string of the molecule is O=C(CCC(=O)c1ccc2c(c1)OCO2)c1cncnc1. The second kappa shape index (κ2) is 5.70. The molecule has 0 fully saturated rings. The first-order valence-corrected chi connectivity index (χ1v) is 6.45. The Bertz CT molecular complexity index is 685. The Morgan fingerprint density at radius 2 is 1.62 bits per heavy atom. The van der Waals surface area contributed by atoms with Crippen LogP contribution in [0.1, 0.15) is 33.6 Å². The van der Waals surface area contributed by atoms with Crippen molar-refractivity contribution in [3.63, 3.8) is 0 Å². The Labute approximate surface area is 120 Å². The zero-order valence-corrected chi connectivity index (χ0v) is 11.1. The van der Waals surface area contributed by atoms with Gasteiger partial charge in [-0.15, -0.1) is 0 Å². The van der Waals surface area contributed by atoms with Gasteiger partial charge in [0, 0.05) is 30.8 Å². The van der Waals surface area contributed by atoms with Crippen molar-refractivity contribution >= 4 is 11.6 Å². The van der Waals surface area contributed by atoms with E-state index in [0.29, 0.717) is 22.6 Å². The number of aromatic nitrogens is 2. The van der Waals surface area contributed by atoms with Crippen LogP contribution < -0.4 is 9.47 Å². The fraction of sp³-hybridized carbons (Fsp3) is 0.200. The van der Waals surface area contributed by atoms with Gasteiger partial charge >= 0.3 is 0 Å². The van der Waals surface area contributed by atoms with E-state index in [1.54, 1.807) is 18.2 Å². The number of ketones is 2. The summed E-state index contributed by atoms with van der Waals surface area (Å²) >= 11 is 0. The number of hydrogen-bond acceptors (Lipinski definition) is 6. The number of carbonyl (C=O) groups excluding carboxylic acids is 2. The lowest BCUT2D eigenvalue weighted by Crippen LogP contribution is -2.06. The molecule has 0 radical (unpaired) electrons. The zero-order chi connectivity index (χ0) is 14.7. The molecule has 0 N–H and O–H groups in total. The molecule has 0 amide bonds. The van der Waals surface area contributed by atoms with Gasteiger partial charge in [-0.2, -0.15) is 0 Å². The number of Topliss-reactive ketones (excluding diaryl/α,β-unsaturated/α-hetero) is 2. The minimum atomic E-state index is -0.148. The molecule has 0 aliphatic carbocycles. The van der Waals surface area contributed by atoms with Crippen LogP contribution in [0.25, 0.3) is 0 Å². The van der Waals surface area contributed by atoms with E-state index in [2.05, 4.69) is 9.97 Å². The van der Waals surface area contributed by atoms with Crippen LogP contribution in [-0.2, 0) is 0 Å². The molecule has 2 heterocycles. The Hall–Kier alpha value is -2.76. The van der Waals surface area contributed by atoms with Crippen molar-refractivity contribution in [2.24, 2.45) is 0 Å². The largest absolute Gasteiger partial charge is 0.454 e. The molecule has 0 saturated carbocycles. The Balaban J connectivity index is 1.63. The van der Waals surface area contributed by atoms with Gasteiger partial charge in [-0.3, -0.25) is 9.59 Å². The van der Waals surface area contributed by atoms with Gasteiger partial charge in [0.05, 0.1) is 5.56 Å². The van der Waals surface area contributed by atoms with Gasteiger partial charge in [0.25, 0.3) is 0 Å². The summed E-state index contributed by atoms with van der Waals surface area (Å²) in [6.45, 7) is 0.166. The van der Waals surface area contributed by atoms with Crippen molar-refractivity contribution in [3.05, 3.63) is 48.0 Å². The lowest BCUT2D eigenvalue weighted by molar-refractivity contribution is 0.0917. The van der Waals surface area contributed by atoms with E-state index in [4.69, 9.17) is 9.47 Å². The van der Waals surface area contributed by atoms with Crippen LogP contribution in [0, 0.1) is 0 Å². The third-order valence-electron chi connectivity index (χ3n) is 3.16. The van der Waals surface area contributed by atoms with Crippen LogP contribution in [0.5, 0.6) is 11.5 Å². The van der Waals surface area contributed by atoms with Gasteiger partial charge in [0.2, 0.25) is 6.79 Å². The fourth-order valence-electron chi connectivity index (χ4n) is 2.03.